The molecule has 5 nitrogen and oxygen atoms in total. The largest absolute Gasteiger partial charge is 0.462 e. The van der Waals surface area contributed by atoms with E-state index in [9.17, 15) is 9.59 Å². The number of nitrogens with zero attached hydrogens (tertiary/aromatic N) is 2. The second-order valence-corrected chi connectivity index (χ2v) is 3.00. The van der Waals surface area contributed by atoms with Crippen molar-refractivity contribution in [1.29, 1.82) is 5.26 Å². The van der Waals surface area contributed by atoms with Crippen LogP contribution in [-0.4, -0.2) is 36.5 Å². The van der Waals surface area contributed by atoms with E-state index in [0.717, 1.165) is 12.0 Å². The molecule has 0 spiro atoms. The zero-order valence-corrected chi connectivity index (χ0v) is 7.53. The van der Waals surface area contributed by atoms with Crippen LogP contribution in [0.15, 0.2) is 0 Å². The highest BCUT2D eigenvalue weighted by molar-refractivity contribution is 6.32. The van der Waals surface area contributed by atoms with E-state index in [2.05, 4.69) is 4.74 Å². The molecule has 1 rings (SSSR count). The number of nitriles is 1. The van der Waals surface area contributed by atoms with Crippen LogP contribution in [0.4, 0.5) is 0 Å². The van der Waals surface area contributed by atoms with Gasteiger partial charge >= 0.3 is 11.9 Å². The summed E-state index contributed by atoms with van der Waals surface area (Å²) in [5.41, 5.74) is -0.759. The second kappa shape index (κ2) is 3.05. The van der Waals surface area contributed by atoms with E-state index in [1.54, 1.807) is 0 Å². The second-order valence-electron chi connectivity index (χ2n) is 3.00. The van der Waals surface area contributed by atoms with Crippen molar-refractivity contribution >= 4 is 11.9 Å². The third-order valence-corrected chi connectivity index (χ3v) is 2.24. The first-order chi connectivity index (χ1) is 6.07. The first kappa shape index (κ1) is 9.52. The molecule has 0 atom stereocenters. The minimum atomic E-state index is -0.927. The van der Waals surface area contributed by atoms with Crippen LogP contribution in [0.5, 0.6) is 0 Å². The number of carbonyl (C=O) groups excluding carboxylic acids is 2. The van der Waals surface area contributed by atoms with Crippen LogP contribution in [0.3, 0.4) is 0 Å². The summed E-state index contributed by atoms with van der Waals surface area (Å²) < 4.78 is 4.26. The summed E-state index contributed by atoms with van der Waals surface area (Å²) in [6, 6.07) is 2.01. The number of amides is 1. The zero-order chi connectivity index (χ0) is 10.1. The molecular weight excluding hydrogens is 172 g/mol. The van der Waals surface area contributed by atoms with E-state index in [1.165, 1.54) is 7.05 Å². The van der Waals surface area contributed by atoms with E-state index in [0.29, 0.717) is 12.8 Å². The van der Waals surface area contributed by atoms with Gasteiger partial charge in [-0.05, 0) is 12.8 Å². The molecule has 0 heterocycles. The molecule has 0 aromatic heterocycles. The van der Waals surface area contributed by atoms with Crippen LogP contribution in [-0.2, 0) is 14.3 Å². The molecule has 0 bridgehead atoms. The molecule has 0 aromatic carbocycles. The van der Waals surface area contributed by atoms with Gasteiger partial charge in [-0.25, -0.2) is 4.79 Å². The minimum absolute atomic E-state index is 0.628. The van der Waals surface area contributed by atoms with Crippen molar-refractivity contribution in [3.63, 3.8) is 0 Å². The monoisotopic (exact) mass is 182 g/mol. The van der Waals surface area contributed by atoms with Crippen molar-refractivity contribution in [2.75, 3.05) is 14.2 Å². The summed E-state index contributed by atoms with van der Waals surface area (Å²) in [6.45, 7) is 0. The fourth-order valence-corrected chi connectivity index (χ4v) is 1.06. The highest BCUT2D eigenvalue weighted by atomic mass is 16.5. The lowest BCUT2D eigenvalue weighted by atomic mass is 10.2. The van der Waals surface area contributed by atoms with Crippen LogP contribution >= 0.6 is 0 Å². The van der Waals surface area contributed by atoms with Gasteiger partial charge in [-0.2, -0.15) is 5.26 Å². The number of hydrogen-bond acceptors (Lipinski definition) is 4. The molecular formula is C8H10N2O3. The normalized spacial score (nSPS) is 17.0. The Bertz CT molecular complexity index is 288. The van der Waals surface area contributed by atoms with Crippen LogP contribution in [0.1, 0.15) is 12.8 Å². The van der Waals surface area contributed by atoms with Gasteiger partial charge in [0.2, 0.25) is 0 Å². The summed E-state index contributed by atoms with van der Waals surface area (Å²) in [7, 11) is 2.58. The van der Waals surface area contributed by atoms with Gasteiger partial charge in [-0.1, -0.05) is 0 Å². The molecule has 70 valence electrons. The van der Waals surface area contributed by atoms with Crippen LogP contribution in [0, 0.1) is 11.3 Å². The topological polar surface area (TPSA) is 70.4 Å². The summed E-state index contributed by atoms with van der Waals surface area (Å²) >= 11 is 0. The molecule has 1 saturated carbocycles. The molecule has 1 aliphatic rings. The maximum atomic E-state index is 11.2. The number of rotatable bonds is 1. The molecule has 5 heteroatoms. The predicted octanol–water partition coefficient (Wildman–Crippen LogP) is -0.326. The van der Waals surface area contributed by atoms with Crippen molar-refractivity contribution in [3.05, 3.63) is 0 Å². The maximum Gasteiger partial charge on any atom is 0.396 e. The Morgan fingerprint density at radius 1 is 1.54 bits per heavy atom. The fraction of sp³-hybridized carbons (Fsp3) is 0.625. The highest BCUT2D eigenvalue weighted by Crippen LogP contribution is 2.40. The number of likely N-dealkylation sites (N-methyl/N-ethyl adjacent to an activating group) is 1. The third kappa shape index (κ3) is 1.47. The third-order valence-electron chi connectivity index (χ3n) is 2.24. The average molecular weight is 182 g/mol. The number of hydrogen-bond donors (Lipinski definition) is 0. The van der Waals surface area contributed by atoms with Crippen molar-refractivity contribution in [2.24, 2.45) is 0 Å². The molecule has 0 unspecified atom stereocenters. The molecule has 1 aliphatic carbocycles. The standard InChI is InChI=1S/C8H10N2O3/c1-10(6(11)7(12)13-2)8(5-9)3-4-8/h3-4H2,1-2H3. The molecule has 0 aromatic rings. The SMILES string of the molecule is COC(=O)C(=O)N(C)C1(C#N)CC1. The number of esters is 1. The maximum absolute atomic E-state index is 11.2. The van der Waals surface area contributed by atoms with Crippen LogP contribution < -0.4 is 0 Å². The Balaban J connectivity index is 2.69. The Kier molecular flexibility index (Phi) is 2.24. The van der Waals surface area contributed by atoms with E-state index >= 15 is 0 Å². The van der Waals surface area contributed by atoms with Gasteiger partial charge in [0.05, 0.1) is 13.2 Å². The van der Waals surface area contributed by atoms with Gasteiger partial charge in [-0.3, -0.25) is 4.79 Å². The quantitative estimate of drug-likeness (QED) is 0.411. The van der Waals surface area contributed by atoms with Crippen molar-refractivity contribution in [1.82, 2.24) is 4.90 Å². The van der Waals surface area contributed by atoms with E-state index in [1.807, 2.05) is 6.07 Å². The van der Waals surface area contributed by atoms with E-state index < -0.39 is 17.4 Å². The van der Waals surface area contributed by atoms with Gasteiger partial charge in [0.15, 0.2) is 0 Å². The molecule has 0 N–H and O–H groups in total. The van der Waals surface area contributed by atoms with Gasteiger partial charge in [0.25, 0.3) is 0 Å². The summed E-state index contributed by atoms with van der Waals surface area (Å²) in [5, 5.41) is 8.73. The van der Waals surface area contributed by atoms with Crippen molar-refractivity contribution in [3.8, 4) is 6.07 Å². The van der Waals surface area contributed by atoms with Crippen molar-refractivity contribution in [2.45, 2.75) is 18.4 Å². The summed E-state index contributed by atoms with van der Waals surface area (Å²) in [6.07, 6.45) is 1.26. The molecule has 1 amide bonds. The Hall–Kier alpha value is -1.57. The van der Waals surface area contributed by atoms with Crippen LogP contribution in [0.25, 0.3) is 0 Å². The molecule has 1 fully saturated rings. The first-order valence-electron chi connectivity index (χ1n) is 3.85. The molecule has 0 aliphatic heterocycles. The highest BCUT2D eigenvalue weighted by Gasteiger charge is 2.50. The molecule has 0 saturated heterocycles. The summed E-state index contributed by atoms with van der Waals surface area (Å²) in [4.78, 5) is 23.2. The Morgan fingerprint density at radius 3 is 2.38 bits per heavy atom. The predicted molar refractivity (Wildman–Crippen MR) is 42.4 cm³/mol. The Labute approximate surface area is 75.9 Å². The number of methoxy groups -OCH3 is 1. The van der Waals surface area contributed by atoms with Gasteiger partial charge in [0.1, 0.15) is 5.54 Å². The molecule has 0 radical (unpaired) electrons. The summed E-state index contributed by atoms with van der Waals surface area (Å²) in [5.74, 6) is -1.69. The number of ether oxygens (including phenoxy) is 1. The van der Waals surface area contributed by atoms with E-state index in [-0.39, 0.29) is 0 Å². The lowest BCUT2D eigenvalue weighted by Crippen LogP contribution is -2.42. The number of carbonyl (C=O) groups is 2. The zero-order valence-electron chi connectivity index (χ0n) is 7.53. The average Bonchev–Trinajstić information content (AvgIpc) is 2.95. The van der Waals surface area contributed by atoms with Gasteiger partial charge in [0, 0.05) is 7.05 Å². The molecule has 13 heavy (non-hydrogen) atoms. The Morgan fingerprint density at radius 2 is 2.08 bits per heavy atom. The first-order valence-corrected chi connectivity index (χ1v) is 3.85. The lowest BCUT2D eigenvalue weighted by molar-refractivity contribution is -0.158. The van der Waals surface area contributed by atoms with E-state index in [4.69, 9.17) is 5.26 Å². The minimum Gasteiger partial charge on any atom is -0.462 e. The van der Waals surface area contributed by atoms with Gasteiger partial charge < -0.3 is 9.64 Å². The van der Waals surface area contributed by atoms with Gasteiger partial charge in [-0.15, -0.1) is 0 Å². The van der Waals surface area contributed by atoms with Crippen molar-refractivity contribution < 1.29 is 14.3 Å². The fourth-order valence-electron chi connectivity index (χ4n) is 1.06. The smallest absolute Gasteiger partial charge is 0.396 e. The van der Waals surface area contributed by atoms with Crippen LogP contribution in [0.2, 0.25) is 0 Å². The lowest BCUT2D eigenvalue weighted by Gasteiger charge is -2.20.